The minimum absolute atomic E-state index is 0. The van der Waals surface area contributed by atoms with E-state index in [2.05, 4.69) is 5.32 Å². The van der Waals surface area contributed by atoms with Crippen molar-refractivity contribution >= 4 is 22.4 Å². The van der Waals surface area contributed by atoms with Crippen LogP contribution < -0.4 is 5.32 Å². The fraction of sp³-hybridized carbons (Fsp3) is 1.00. The van der Waals surface area contributed by atoms with Gasteiger partial charge in [0.15, 0.2) is 0 Å². The molecule has 1 atom stereocenters. The summed E-state index contributed by atoms with van der Waals surface area (Å²) in [6.45, 7) is 6.10. The first-order valence-corrected chi connectivity index (χ1v) is 7.95. The van der Waals surface area contributed by atoms with Crippen LogP contribution in [-0.2, 0) is 14.8 Å². The Morgan fingerprint density at radius 3 is 2.78 bits per heavy atom. The fourth-order valence-corrected chi connectivity index (χ4v) is 4.14. The summed E-state index contributed by atoms with van der Waals surface area (Å²) in [5, 5.41) is 3.33. The van der Waals surface area contributed by atoms with Crippen molar-refractivity contribution in [3.63, 3.8) is 0 Å². The van der Waals surface area contributed by atoms with Crippen molar-refractivity contribution in [3.8, 4) is 0 Å². The third kappa shape index (κ3) is 3.57. The number of nitrogens with zero attached hydrogens (tertiary/aromatic N) is 1. The summed E-state index contributed by atoms with van der Waals surface area (Å²) in [6.07, 6.45) is 2.10. The van der Waals surface area contributed by atoms with Crippen LogP contribution in [0.5, 0.6) is 0 Å². The summed E-state index contributed by atoms with van der Waals surface area (Å²) in [4.78, 5) is 0. The van der Waals surface area contributed by atoms with Gasteiger partial charge in [-0.3, -0.25) is 0 Å². The Bertz CT molecular complexity index is 355. The van der Waals surface area contributed by atoms with Gasteiger partial charge in [-0.2, -0.15) is 0 Å². The number of nitrogens with one attached hydrogen (secondary N) is 1. The average molecular weight is 299 g/mol. The van der Waals surface area contributed by atoms with Gasteiger partial charge in [-0.05, 0) is 31.7 Å². The van der Waals surface area contributed by atoms with Gasteiger partial charge in [0.05, 0.1) is 12.4 Å². The van der Waals surface area contributed by atoms with E-state index < -0.39 is 10.0 Å². The first-order chi connectivity index (χ1) is 8.08. The Kier molecular flexibility index (Phi) is 5.86. The van der Waals surface area contributed by atoms with Crippen LogP contribution in [-0.4, -0.2) is 57.9 Å². The molecule has 0 amide bonds. The zero-order chi connectivity index (χ0) is 12.4. The van der Waals surface area contributed by atoms with Crippen LogP contribution >= 0.6 is 12.4 Å². The minimum atomic E-state index is -3.12. The average Bonchev–Trinajstić information content (AvgIpc) is 2.90. The van der Waals surface area contributed by atoms with Gasteiger partial charge >= 0.3 is 0 Å². The molecule has 108 valence electrons. The highest BCUT2D eigenvalue weighted by molar-refractivity contribution is 7.89. The summed E-state index contributed by atoms with van der Waals surface area (Å²) in [6, 6.07) is 0. The highest BCUT2D eigenvalue weighted by Crippen LogP contribution is 2.37. The maximum Gasteiger partial charge on any atom is 0.216 e. The van der Waals surface area contributed by atoms with E-state index in [0.717, 1.165) is 25.9 Å². The molecular formula is C11H23ClN2O3S. The van der Waals surface area contributed by atoms with Gasteiger partial charge < -0.3 is 10.1 Å². The quantitative estimate of drug-likeness (QED) is 0.749. The summed E-state index contributed by atoms with van der Waals surface area (Å²) in [5.74, 6) is 0.115. The van der Waals surface area contributed by atoms with Crippen LogP contribution in [0.15, 0.2) is 0 Å². The fourth-order valence-electron chi connectivity index (χ4n) is 2.71. The number of sulfonamides is 1. The molecule has 18 heavy (non-hydrogen) atoms. The van der Waals surface area contributed by atoms with Crippen molar-refractivity contribution in [1.29, 1.82) is 0 Å². The lowest BCUT2D eigenvalue weighted by Gasteiger charge is -2.22. The van der Waals surface area contributed by atoms with Crippen LogP contribution in [0.1, 0.15) is 19.8 Å². The number of rotatable bonds is 5. The molecule has 0 aliphatic carbocycles. The number of halogens is 1. The molecule has 7 heteroatoms. The number of hydrogen-bond donors (Lipinski definition) is 1. The number of hydrogen-bond acceptors (Lipinski definition) is 4. The summed E-state index contributed by atoms with van der Waals surface area (Å²) >= 11 is 0. The van der Waals surface area contributed by atoms with Gasteiger partial charge in [-0.15, -0.1) is 12.4 Å². The Morgan fingerprint density at radius 2 is 2.17 bits per heavy atom. The first-order valence-electron chi connectivity index (χ1n) is 6.34. The predicted molar refractivity (Wildman–Crippen MR) is 73.6 cm³/mol. The highest BCUT2D eigenvalue weighted by Gasteiger charge is 2.43. The smallest absolute Gasteiger partial charge is 0.216 e. The Hall–Kier alpha value is 0.120. The molecule has 0 radical (unpaired) electrons. The molecule has 0 bridgehead atoms. The molecule has 1 unspecified atom stereocenters. The lowest BCUT2D eigenvalue weighted by molar-refractivity contribution is 0.162. The molecule has 2 fully saturated rings. The molecule has 0 aromatic heterocycles. The van der Waals surface area contributed by atoms with E-state index in [0.29, 0.717) is 26.3 Å². The molecule has 1 N–H and O–H groups in total. The molecular weight excluding hydrogens is 276 g/mol. The monoisotopic (exact) mass is 298 g/mol. The second-order valence-electron chi connectivity index (χ2n) is 5.02. The molecule has 0 aromatic carbocycles. The van der Waals surface area contributed by atoms with E-state index in [9.17, 15) is 8.42 Å². The van der Waals surface area contributed by atoms with Gasteiger partial charge in [0.1, 0.15) is 0 Å². The second kappa shape index (κ2) is 6.52. The van der Waals surface area contributed by atoms with E-state index in [1.54, 1.807) is 4.31 Å². The molecule has 2 aliphatic rings. The van der Waals surface area contributed by atoms with E-state index >= 15 is 0 Å². The lowest BCUT2D eigenvalue weighted by atomic mass is 9.87. The van der Waals surface area contributed by atoms with E-state index in [1.807, 2.05) is 6.92 Å². The van der Waals surface area contributed by atoms with E-state index in [1.165, 1.54) is 0 Å². The molecule has 2 saturated heterocycles. The van der Waals surface area contributed by atoms with Gasteiger partial charge in [0, 0.05) is 26.2 Å². The second-order valence-corrected chi connectivity index (χ2v) is 7.11. The molecule has 2 heterocycles. The molecule has 0 aromatic rings. The topological polar surface area (TPSA) is 58.6 Å². The van der Waals surface area contributed by atoms with Crippen LogP contribution in [0.25, 0.3) is 0 Å². The van der Waals surface area contributed by atoms with Gasteiger partial charge in [-0.1, -0.05) is 0 Å². The van der Waals surface area contributed by atoms with Crippen molar-refractivity contribution < 1.29 is 13.2 Å². The number of ether oxygens (including phenoxy) is 1. The van der Waals surface area contributed by atoms with Gasteiger partial charge in [0.2, 0.25) is 10.0 Å². The highest BCUT2D eigenvalue weighted by atomic mass is 35.5. The van der Waals surface area contributed by atoms with Crippen molar-refractivity contribution in [2.75, 3.05) is 45.1 Å². The molecule has 0 saturated carbocycles. The predicted octanol–water partition coefficient (Wildman–Crippen LogP) is 0.460. The zero-order valence-corrected chi connectivity index (χ0v) is 12.5. The summed E-state index contributed by atoms with van der Waals surface area (Å²) in [5.41, 5.74) is 0.207. The normalized spacial score (nSPS) is 28.7. The summed E-state index contributed by atoms with van der Waals surface area (Å²) < 4.78 is 30.9. The first kappa shape index (κ1) is 16.2. The maximum atomic E-state index is 12.1. The Morgan fingerprint density at radius 1 is 1.39 bits per heavy atom. The van der Waals surface area contributed by atoms with Gasteiger partial charge in [-0.25, -0.2) is 12.7 Å². The van der Waals surface area contributed by atoms with Crippen molar-refractivity contribution in [2.24, 2.45) is 5.41 Å². The van der Waals surface area contributed by atoms with Crippen LogP contribution in [0.3, 0.4) is 0 Å². The zero-order valence-electron chi connectivity index (χ0n) is 10.9. The molecule has 1 spiro atoms. The largest absolute Gasteiger partial charge is 0.381 e. The Labute approximate surface area is 116 Å². The lowest BCUT2D eigenvalue weighted by Crippen LogP contribution is -2.35. The SMILES string of the molecule is CCOCCS(=O)(=O)N1CCC2(CCNC2)C1.Cl. The van der Waals surface area contributed by atoms with E-state index in [4.69, 9.17) is 4.74 Å². The molecule has 5 nitrogen and oxygen atoms in total. The standard InChI is InChI=1S/C11H22N2O3S.ClH/c1-2-16-7-8-17(14,15)13-6-4-11(10-13)3-5-12-9-11;/h12H,2-10H2,1H3;1H. The van der Waals surface area contributed by atoms with E-state index in [-0.39, 0.29) is 23.6 Å². The van der Waals surface area contributed by atoms with Crippen molar-refractivity contribution in [1.82, 2.24) is 9.62 Å². The van der Waals surface area contributed by atoms with Gasteiger partial charge in [0.25, 0.3) is 0 Å². The molecule has 2 aliphatic heterocycles. The van der Waals surface area contributed by atoms with Crippen LogP contribution in [0.2, 0.25) is 0 Å². The Balaban J connectivity index is 0.00000162. The van der Waals surface area contributed by atoms with Crippen LogP contribution in [0.4, 0.5) is 0 Å². The van der Waals surface area contributed by atoms with Crippen molar-refractivity contribution in [3.05, 3.63) is 0 Å². The van der Waals surface area contributed by atoms with Crippen LogP contribution in [0, 0.1) is 5.41 Å². The summed E-state index contributed by atoms with van der Waals surface area (Å²) in [7, 11) is -3.12. The third-order valence-corrected chi connectivity index (χ3v) is 5.60. The molecule has 2 rings (SSSR count). The minimum Gasteiger partial charge on any atom is -0.381 e. The maximum absolute atomic E-state index is 12.1. The third-order valence-electron chi connectivity index (χ3n) is 3.82. The van der Waals surface area contributed by atoms with Crippen molar-refractivity contribution in [2.45, 2.75) is 19.8 Å².